The van der Waals surface area contributed by atoms with E-state index in [0.717, 1.165) is 24.2 Å². The van der Waals surface area contributed by atoms with Crippen LogP contribution in [0, 0.1) is 0 Å². The molecule has 1 unspecified atom stereocenters. The van der Waals surface area contributed by atoms with Gasteiger partial charge in [-0.05, 0) is 48.9 Å². The van der Waals surface area contributed by atoms with Crippen LogP contribution in [0.4, 0.5) is 5.69 Å². The van der Waals surface area contributed by atoms with Crippen LogP contribution in [0.2, 0.25) is 0 Å². The largest absolute Gasteiger partial charge is 0.325 e. The standard InChI is InChI=1S/C21H28N2O3S2/c1-4-5-15-27-17(2)21(24)22-19-11-13-20(14-12-19)28(25,26)23(3)16-18-9-7-6-8-10-18/h6-14,17H,4-5,15-16H2,1-3H3,(H,22,24). The normalized spacial score (nSPS) is 12.7. The number of rotatable bonds is 10. The van der Waals surface area contributed by atoms with Crippen LogP contribution < -0.4 is 5.32 Å². The fourth-order valence-electron chi connectivity index (χ4n) is 2.54. The summed E-state index contributed by atoms with van der Waals surface area (Å²) < 4.78 is 26.8. The zero-order chi connectivity index (χ0) is 20.6. The molecule has 2 rings (SSSR count). The van der Waals surface area contributed by atoms with E-state index in [0.29, 0.717) is 12.2 Å². The van der Waals surface area contributed by atoms with Gasteiger partial charge in [-0.2, -0.15) is 4.31 Å². The molecule has 28 heavy (non-hydrogen) atoms. The summed E-state index contributed by atoms with van der Waals surface area (Å²) in [6.07, 6.45) is 2.20. The number of unbranched alkanes of at least 4 members (excludes halogenated alkanes) is 1. The van der Waals surface area contributed by atoms with Gasteiger partial charge < -0.3 is 5.32 Å². The number of amides is 1. The van der Waals surface area contributed by atoms with Crippen LogP contribution in [0.3, 0.4) is 0 Å². The van der Waals surface area contributed by atoms with Crippen molar-refractivity contribution in [1.29, 1.82) is 0 Å². The Hall–Kier alpha value is -1.83. The number of sulfonamides is 1. The molecule has 2 aromatic carbocycles. The van der Waals surface area contributed by atoms with Crippen molar-refractivity contribution in [1.82, 2.24) is 4.31 Å². The molecule has 0 fully saturated rings. The number of thioether (sulfide) groups is 1. The van der Waals surface area contributed by atoms with Crippen molar-refractivity contribution in [3.05, 3.63) is 60.2 Å². The van der Waals surface area contributed by atoms with Gasteiger partial charge in [-0.1, -0.05) is 43.7 Å². The van der Waals surface area contributed by atoms with E-state index in [1.165, 1.54) is 16.4 Å². The number of carbonyl (C=O) groups is 1. The quantitative estimate of drug-likeness (QED) is 0.580. The van der Waals surface area contributed by atoms with E-state index in [9.17, 15) is 13.2 Å². The molecule has 1 amide bonds. The summed E-state index contributed by atoms with van der Waals surface area (Å²) in [5.74, 6) is 0.883. The minimum atomic E-state index is -3.60. The fraction of sp³-hybridized carbons (Fsp3) is 0.381. The van der Waals surface area contributed by atoms with E-state index in [1.807, 2.05) is 37.3 Å². The molecule has 1 N–H and O–H groups in total. The first-order valence-electron chi connectivity index (χ1n) is 9.37. The second-order valence-electron chi connectivity index (χ2n) is 6.63. The predicted molar refractivity (Wildman–Crippen MR) is 117 cm³/mol. The lowest BCUT2D eigenvalue weighted by atomic mass is 10.2. The molecule has 5 nitrogen and oxygen atoms in total. The van der Waals surface area contributed by atoms with E-state index >= 15 is 0 Å². The van der Waals surface area contributed by atoms with Gasteiger partial charge in [-0.3, -0.25) is 4.79 Å². The van der Waals surface area contributed by atoms with E-state index in [2.05, 4.69) is 12.2 Å². The van der Waals surface area contributed by atoms with E-state index < -0.39 is 10.0 Å². The zero-order valence-corrected chi connectivity index (χ0v) is 18.2. The summed E-state index contributed by atoms with van der Waals surface area (Å²) in [5.41, 5.74) is 1.52. The SMILES string of the molecule is CCCCSC(C)C(=O)Nc1ccc(S(=O)(=O)N(C)Cc2ccccc2)cc1. The molecule has 2 aromatic rings. The van der Waals surface area contributed by atoms with Crippen LogP contribution in [-0.4, -0.2) is 36.7 Å². The van der Waals surface area contributed by atoms with Gasteiger partial charge in [0, 0.05) is 19.3 Å². The van der Waals surface area contributed by atoms with Crippen molar-refractivity contribution < 1.29 is 13.2 Å². The lowest BCUT2D eigenvalue weighted by molar-refractivity contribution is -0.115. The minimum absolute atomic E-state index is 0.0714. The molecule has 0 spiro atoms. The maximum atomic E-state index is 12.8. The van der Waals surface area contributed by atoms with Gasteiger partial charge in [0.1, 0.15) is 0 Å². The Labute approximate surface area is 172 Å². The van der Waals surface area contributed by atoms with Crippen LogP contribution in [0.1, 0.15) is 32.3 Å². The Balaban J connectivity index is 1.99. The molecule has 0 saturated carbocycles. The van der Waals surface area contributed by atoms with Crippen molar-refractivity contribution in [3.8, 4) is 0 Å². The van der Waals surface area contributed by atoms with Crippen LogP contribution >= 0.6 is 11.8 Å². The Bertz CT molecular complexity index is 853. The van der Waals surface area contributed by atoms with Crippen molar-refractivity contribution >= 4 is 33.4 Å². The lowest BCUT2D eigenvalue weighted by Gasteiger charge is -2.18. The van der Waals surface area contributed by atoms with Crippen LogP contribution in [0.15, 0.2) is 59.5 Å². The Morgan fingerprint density at radius 3 is 2.36 bits per heavy atom. The number of hydrogen-bond acceptors (Lipinski definition) is 4. The van der Waals surface area contributed by atoms with Crippen molar-refractivity contribution in [2.45, 2.75) is 43.4 Å². The highest BCUT2D eigenvalue weighted by molar-refractivity contribution is 8.00. The first-order valence-corrected chi connectivity index (χ1v) is 11.9. The monoisotopic (exact) mass is 420 g/mol. The molecule has 152 valence electrons. The Morgan fingerprint density at radius 1 is 1.11 bits per heavy atom. The second-order valence-corrected chi connectivity index (χ2v) is 10.1. The molecule has 7 heteroatoms. The smallest absolute Gasteiger partial charge is 0.243 e. The number of benzene rings is 2. The van der Waals surface area contributed by atoms with Crippen molar-refractivity contribution in [3.63, 3.8) is 0 Å². The fourth-order valence-corrected chi connectivity index (χ4v) is 4.72. The van der Waals surface area contributed by atoms with Crippen LogP contribution in [0.25, 0.3) is 0 Å². The maximum Gasteiger partial charge on any atom is 0.243 e. The van der Waals surface area contributed by atoms with Gasteiger partial charge in [-0.25, -0.2) is 8.42 Å². The van der Waals surface area contributed by atoms with Gasteiger partial charge in [0.05, 0.1) is 10.1 Å². The van der Waals surface area contributed by atoms with Gasteiger partial charge in [0.15, 0.2) is 0 Å². The molecule has 1 atom stereocenters. The first kappa shape index (κ1) is 22.5. The molecule has 0 saturated heterocycles. The highest BCUT2D eigenvalue weighted by Crippen LogP contribution is 2.20. The number of carbonyl (C=O) groups excluding carboxylic acids is 1. The van der Waals surface area contributed by atoms with Crippen LogP contribution in [-0.2, 0) is 21.4 Å². The first-order chi connectivity index (χ1) is 13.3. The molecule has 0 aliphatic carbocycles. The van der Waals surface area contributed by atoms with Gasteiger partial charge >= 0.3 is 0 Å². The molecular formula is C21H28N2O3S2. The average molecular weight is 421 g/mol. The van der Waals surface area contributed by atoms with Gasteiger partial charge in [0.25, 0.3) is 0 Å². The number of nitrogens with one attached hydrogen (secondary N) is 1. The number of nitrogens with zero attached hydrogens (tertiary/aromatic N) is 1. The van der Waals surface area contributed by atoms with E-state index in [1.54, 1.807) is 30.9 Å². The third kappa shape index (κ3) is 6.36. The number of hydrogen-bond donors (Lipinski definition) is 1. The third-order valence-electron chi connectivity index (χ3n) is 4.31. The summed E-state index contributed by atoms with van der Waals surface area (Å²) in [6.45, 7) is 4.30. The summed E-state index contributed by atoms with van der Waals surface area (Å²) >= 11 is 1.63. The minimum Gasteiger partial charge on any atom is -0.325 e. The van der Waals surface area contributed by atoms with Gasteiger partial charge in [-0.15, -0.1) is 11.8 Å². The summed E-state index contributed by atoms with van der Waals surface area (Å²) in [4.78, 5) is 12.4. The van der Waals surface area contributed by atoms with Crippen molar-refractivity contribution in [2.24, 2.45) is 0 Å². The van der Waals surface area contributed by atoms with Gasteiger partial charge in [0.2, 0.25) is 15.9 Å². The highest BCUT2D eigenvalue weighted by Gasteiger charge is 2.21. The lowest BCUT2D eigenvalue weighted by Crippen LogP contribution is -2.26. The molecule has 0 radical (unpaired) electrons. The van der Waals surface area contributed by atoms with Crippen LogP contribution in [0.5, 0.6) is 0 Å². The molecule has 0 aliphatic heterocycles. The van der Waals surface area contributed by atoms with E-state index in [4.69, 9.17) is 0 Å². The molecule has 0 aromatic heterocycles. The van der Waals surface area contributed by atoms with Crippen molar-refractivity contribution in [2.75, 3.05) is 18.1 Å². The number of anilines is 1. The zero-order valence-electron chi connectivity index (χ0n) is 16.6. The molecule has 0 heterocycles. The Kier molecular flexibility index (Phi) is 8.54. The third-order valence-corrected chi connectivity index (χ3v) is 7.37. The average Bonchev–Trinajstić information content (AvgIpc) is 2.69. The topological polar surface area (TPSA) is 66.5 Å². The summed E-state index contributed by atoms with van der Waals surface area (Å²) in [5, 5.41) is 2.70. The maximum absolute atomic E-state index is 12.8. The highest BCUT2D eigenvalue weighted by atomic mass is 32.2. The molecule has 0 aliphatic rings. The summed E-state index contributed by atoms with van der Waals surface area (Å²) in [6, 6.07) is 15.8. The summed E-state index contributed by atoms with van der Waals surface area (Å²) in [7, 11) is -2.03. The molecular weight excluding hydrogens is 392 g/mol. The predicted octanol–water partition coefficient (Wildman–Crippen LogP) is 4.37. The molecule has 0 bridgehead atoms. The second kappa shape index (κ2) is 10.6. The van der Waals surface area contributed by atoms with E-state index in [-0.39, 0.29) is 16.1 Å². The Morgan fingerprint density at radius 2 is 1.75 bits per heavy atom.